The third-order valence-electron chi connectivity index (χ3n) is 4.22. The molecule has 20 heavy (non-hydrogen) atoms. The Balaban J connectivity index is 1.74. The molecule has 1 aliphatic carbocycles. The van der Waals surface area contributed by atoms with E-state index in [4.69, 9.17) is 5.73 Å². The summed E-state index contributed by atoms with van der Waals surface area (Å²) in [5.74, 6) is 0.0525. The van der Waals surface area contributed by atoms with Crippen molar-refractivity contribution in [2.24, 2.45) is 0 Å². The van der Waals surface area contributed by atoms with Gasteiger partial charge in [-0.3, -0.25) is 4.79 Å². The van der Waals surface area contributed by atoms with Crippen LogP contribution in [0, 0.1) is 0 Å². The predicted octanol–water partition coefficient (Wildman–Crippen LogP) is 2.85. The molecule has 1 aromatic rings. The summed E-state index contributed by atoms with van der Waals surface area (Å²) in [5.41, 5.74) is 9.72. The number of nitrogens with one attached hydrogen (secondary N) is 2. The minimum atomic E-state index is 0.0525. The number of fused-ring (bicyclic) bond motifs is 1. The van der Waals surface area contributed by atoms with E-state index in [2.05, 4.69) is 16.9 Å². The van der Waals surface area contributed by atoms with Crippen LogP contribution in [0.2, 0.25) is 0 Å². The van der Waals surface area contributed by atoms with E-state index in [1.54, 1.807) is 0 Å². The first kappa shape index (κ1) is 13.6. The number of amides is 1. The quantitative estimate of drug-likeness (QED) is 0.749. The first-order valence-corrected chi connectivity index (χ1v) is 8.46. The van der Waals surface area contributed by atoms with Crippen molar-refractivity contribution in [3.05, 3.63) is 17.7 Å². The molecule has 2 atom stereocenters. The summed E-state index contributed by atoms with van der Waals surface area (Å²) in [6, 6.07) is 4.39. The van der Waals surface area contributed by atoms with Gasteiger partial charge in [0, 0.05) is 17.0 Å². The summed E-state index contributed by atoms with van der Waals surface area (Å²) in [6.07, 6.45) is 7.59. The van der Waals surface area contributed by atoms with Gasteiger partial charge in [0.1, 0.15) is 0 Å². The Labute approximate surface area is 123 Å². The van der Waals surface area contributed by atoms with Gasteiger partial charge in [-0.15, -0.1) is 0 Å². The molecule has 0 aromatic heterocycles. The van der Waals surface area contributed by atoms with Crippen molar-refractivity contribution in [3.8, 4) is 0 Å². The summed E-state index contributed by atoms with van der Waals surface area (Å²) < 4.78 is 0. The van der Waals surface area contributed by atoms with E-state index in [9.17, 15) is 4.79 Å². The zero-order valence-corrected chi connectivity index (χ0v) is 12.6. The lowest BCUT2D eigenvalue weighted by Gasteiger charge is -2.30. The Morgan fingerprint density at radius 3 is 3.05 bits per heavy atom. The van der Waals surface area contributed by atoms with Crippen LogP contribution >= 0.6 is 11.8 Å². The number of carbonyl (C=O) groups excluding carboxylic acids is 1. The molecule has 4 nitrogen and oxygen atoms in total. The average Bonchev–Trinajstić information content (AvgIpc) is 2.78. The predicted molar refractivity (Wildman–Crippen MR) is 86.4 cm³/mol. The number of nitrogens with two attached hydrogens (primary N) is 1. The van der Waals surface area contributed by atoms with Crippen molar-refractivity contribution in [3.63, 3.8) is 0 Å². The summed E-state index contributed by atoms with van der Waals surface area (Å²) in [6.45, 7) is 0. The van der Waals surface area contributed by atoms with Crippen molar-refractivity contribution in [1.82, 2.24) is 0 Å². The van der Waals surface area contributed by atoms with Crippen LogP contribution in [0.15, 0.2) is 12.1 Å². The third-order valence-corrected chi connectivity index (χ3v) is 5.31. The molecular formula is C15H21N3OS. The standard InChI is InChI=1S/C15H21N3OS/c1-20-11-4-2-3-10(7-11)17-14-8-13-9(5-12(14)16)6-15(19)18-13/h5,8,10-11,17H,2-4,6-7,16H2,1H3,(H,18,19). The van der Waals surface area contributed by atoms with E-state index in [0.717, 1.165) is 27.9 Å². The SMILES string of the molecule is CSC1CCCC(Nc2cc3c(cc2N)CC(=O)N3)C1. The average molecular weight is 291 g/mol. The first-order valence-electron chi connectivity index (χ1n) is 7.17. The fourth-order valence-corrected chi connectivity index (χ4v) is 3.96. The fourth-order valence-electron chi connectivity index (χ4n) is 3.13. The van der Waals surface area contributed by atoms with Gasteiger partial charge in [-0.25, -0.2) is 0 Å². The van der Waals surface area contributed by atoms with Gasteiger partial charge < -0.3 is 16.4 Å². The molecule has 5 heteroatoms. The van der Waals surface area contributed by atoms with Gasteiger partial charge in [-0.1, -0.05) is 6.42 Å². The minimum absolute atomic E-state index is 0.0525. The largest absolute Gasteiger partial charge is 0.397 e. The summed E-state index contributed by atoms with van der Waals surface area (Å²) in [5, 5.41) is 7.20. The number of hydrogen-bond donors (Lipinski definition) is 3. The zero-order chi connectivity index (χ0) is 14.1. The van der Waals surface area contributed by atoms with E-state index >= 15 is 0 Å². The van der Waals surface area contributed by atoms with Crippen LogP contribution in [0.1, 0.15) is 31.2 Å². The number of benzene rings is 1. The van der Waals surface area contributed by atoms with Crippen LogP contribution < -0.4 is 16.4 Å². The Bertz CT molecular complexity index is 532. The van der Waals surface area contributed by atoms with Gasteiger partial charge in [0.15, 0.2) is 0 Å². The van der Waals surface area contributed by atoms with Crippen molar-refractivity contribution in [2.45, 2.75) is 43.4 Å². The van der Waals surface area contributed by atoms with Crippen molar-refractivity contribution < 1.29 is 4.79 Å². The molecule has 1 aromatic carbocycles. The van der Waals surface area contributed by atoms with Gasteiger partial charge in [-0.2, -0.15) is 11.8 Å². The number of carbonyl (C=O) groups is 1. The highest BCUT2D eigenvalue weighted by atomic mass is 32.2. The number of nitrogen functional groups attached to an aromatic ring is 1. The fraction of sp³-hybridized carbons (Fsp3) is 0.533. The Hall–Kier alpha value is -1.36. The van der Waals surface area contributed by atoms with Gasteiger partial charge >= 0.3 is 0 Å². The zero-order valence-electron chi connectivity index (χ0n) is 11.7. The second-order valence-corrected chi connectivity index (χ2v) is 6.83. The molecule has 0 radical (unpaired) electrons. The Morgan fingerprint density at radius 1 is 1.40 bits per heavy atom. The molecule has 1 aliphatic heterocycles. The number of anilines is 3. The van der Waals surface area contributed by atoms with E-state index in [1.807, 2.05) is 23.9 Å². The van der Waals surface area contributed by atoms with Crippen LogP contribution in [-0.2, 0) is 11.2 Å². The number of hydrogen-bond acceptors (Lipinski definition) is 4. The molecule has 3 rings (SSSR count). The molecule has 1 saturated carbocycles. The van der Waals surface area contributed by atoms with E-state index < -0.39 is 0 Å². The highest BCUT2D eigenvalue weighted by Gasteiger charge is 2.23. The second kappa shape index (κ2) is 5.56. The summed E-state index contributed by atoms with van der Waals surface area (Å²) in [4.78, 5) is 11.4. The molecule has 0 bridgehead atoms. The van der Waals surface area contributed by atoms with Crippen LogP contribution in [0.4, 0.5) is 17.1 Å². The lowest BCUT2D eigenvalue weighted by atomic mass is 9.94. The van der Waals surface area contributed by atoms with Gasteiger partial charge in [-0.05, 0) is 43.2 Å². The Kier molecular flexibility index (Phi) is 3.78. The van der Waals surface area contributed by atoms with Crippen molar-refractivity contribution in [2.75, 3.05) is 22.6 Å². The first-order chi connectivity index (χ1) is 9.65. The van der Waals surface area contributed by atoms with Gasteiger partial charge in [0.2, 0.25) is 5.91 Å². The van der Waals surface area contributed by atoms with Crippen molar-refractivity contribution in [1.29, 1.82) is 0 Å². The lowest BCUT2D eigenvalue weighted by Crippen LogP contribution is -2.28. The van der Waals surface area contributed by atoms with E-state index in [-0.39, 0.29) is 5.91 Å². The maximum Gasteiger partial charge on any atom is 0.228 e. The highest BCUT2D eigenvalue weighted by Crippen LogP contribution is 2.34. The van der Waals surface area contributed by atoms with Crippen LogP contribution in [0.3, 0.4) is 0 Å². The molecule has 108 valence electrons. The van der Waals surface area contributed by atoms with Gasteiger partial charge in [0.05, 0.1) is 17.8 Å². The van der Waals surface area contributed by atoms with Gasteiger partial charge in [0.25, 0.3) is 0 Å². The summed E-state index contributed by atoms with van der Waals surface area (Å²) in [7, 11) is 0. The molecular weight excluding hydrogens is 270 g/mol. The van der Waals surface area contributed by atoms with E-state index in [0.29, 0.717) is 12.5 Å². The topological polar surface area (TPSA) is 67.1 Å². The lowest BCUT2D eigenvalue weighted by molar-refractivity contribution is -0.115. The Morgan fingerprint density at radius 2 is 2.25 bits per heavy atom. The normalized spacial score (nSPS) is 25.1. The number of thioether (sulfide) groups is 1. The van der Waals surface area contributed by atoms with Crippen molar-refractivity contribution >= 4 is 34.7 Å². The summed E-state index contributed by atoms with van der Waals surface area (Å²) >= 11 is 1.96. The monoisotopic (exact) mass is 291 g/mol. The van der Waals surface area contributed by atoms with Crippen LogP contribution in [0.25, 0.3) is 0 Å². The molecule has 1 amide bonds. The molecule has 2 unspecified atom stereocenters. The molecule has 2 aliphatic rings. The molecule has 4 N–H and O–H groups in total. The molecule has 1 heterocycles. The minimum Gasteiger partial charge on any atom is -0.397 e. The molecule has 0 spiro atoms. The number of rotatable bonds is 3. The maximum absolute atomic E-state index is 11.4. The third kappa shape index (κ3) is 2.73. The smallest absolute Gasteiger partial charge is 0.228 e. The van der Waals surface area contributed by atoms with E-state index in [1.165, 1.54) is 25.7 Å². The molecule has 1 fully saturated rings. The highest BCUT2D eigenvalue weighted by molar-refractivity contribution is 7.99. The molecule has 0 saturated heterocycles. The maximum atomic E-state index is 11.4. The second-order valence-electron chi connectivity index (χ2n) is 5.69. The van der Waals surface area contributed by atoms with Crippen LogP contribution in [-0.4, -0.2) is 23.5 Å². The van der Waals surface area contributed by atoms with Crippen LogP contribution in [0.5, 0.6) is 0 Å².